The van der Waals surface area contributed by atoms with Gasteiger partial charge in [-0.25, -0.2) is 0 Å². The molecule has 4 rings (SSSR count). The van der Waals surface area contributed by atoms with Gasteiger partial charge in [-0.1, -0.05) is 23.9 Å². The van der Waals surface area contributed by atoms with E-state index in [4.69, 9.17) is 0 Å². The van der Waals surface area contributed by atoms with Gasteiger partial charge in [-0.3, -0.25) is 19.5 Å². The molecule has 1 aromatic carbocycles. The van der Waals surface area contributed by atoms with E-state index in [9.17, 15) is 9.59 Å². The zero-order chi connectivity index (χ0) is 19.7. The topological polar surface area (TPSA) is 93.0 Å². The van der Waals surface area contributed by atoms with Crippen LogP contribution in [0.2, 0.25) is 0 Å². The normalized spacial score (nSPS) is 14.4. The monoisotopic (exact) mass is 394 g/mol. The molecule has 2 aromatic heterocycles. The third-order valence-electron chi connectivity index (χ3n) is 4.44. The van der Waals surface area contributed by atoms with Gasteiger partial charge in [-0.05, 0) is 31.2 Å². The summed E-state index contributed by atoms with van der Waals surface area (Å²) in [5.41, 5.74) is 2.25. The summed E-state index contributed by atoms with van der Waals surface area (Å²) in [5, 5.41) is 11.4. The van der Waals surface area contributed by atoms with Crippen LogP contribution in [-0.4, -0.2) is 43.4 Å². The maximum absolute atomic E-state index is 13.1. The van der Waals surface area contributed by atoms with Gasteiger partial charge < -0.3 is 9.88 Å². The number of rotatable bonds is 4. The number of benzene rings is 1. The van der Waals surface area contributed by atoms with Gasteiger partial charge in [0.1, 0.15) is 6.54 Å². The zero-order valence-electron chi connectivity index (χ0n) is 15.4. The Hall–Kier alpha value is -3.20. The van der Waals surface area contributed by atoms with E-state index in [1.807, 2.05) is 48.9 Å². The lowest BCUT2D eigenvalue weighted by molar-refractivity contribution is -0.121. The van der Waals surface area contributed by atoms with E-state index in [2.05, 4.69) is 20.5 Å². The van der Waals surface area contributed by atoms with Crippen molar-refractivity contribution in [2.45, 2.75) is 17.3 Å². The molecule has 8 nitrogen and oxygen atoms in total. The maximum atomic E-state index is 13.1. The van der Waals surface area contributed by atoms with Crippen LogP contribution in [0.1, 0.15) is 6.92 Å². The summed E-state index contributed by atoms with van der Waals surface area (Å²) in [5.74, 6) is 0.343. The summed E-state index contributed by atoms with van der Waals surface area (Å²) < 4.78 is 1.85. The highest BCUT2D eigenvalue weighted by atomic mass is 32.2. The minimum absolute atomic E-state index is 0.00181. The molecule has 9 heteroatoms. The molecule has 0 unspecified atom stereocenters. The highest BCUT2D eigenvalue weighted by molar-refractivity contribution is 8.00. The number of fused-ring (bicyclic) bond motifs is 1. The SMILES string of the molecule is C[C@@H](Sc1nnc(-c2ccncc2)n1C)C(=O)N1CC(=O)Nc2ccccc21. The smallest absolute Gasteiger partial charge is 0.244 e. The van der Waals surface area contributed by atoms with Crippen LogP contribution in [-0.2, 0) is 16.6 Å². The van der Waals surface area contributed by atoms with Gasteiger partial charge in [-0.15, -0.1) is 10.2 Å². The molecule has 1 atom stereocenters. The Bertz CT molecular complexity index is 1040. The Morgan fingerprint density at radius 1 is 1.18 bits per heavy atom. The Kier molecular flexibility index (Phi) is 4.82. The van der Waals surface area contributed by atoms with Gasteiger partial charge in [0.15, 0.2) is 11.0 Å². The zero-order valence-corrected chi connectivity index (χ0v) is 16.2. The second-order valence-electron chi connectivity index (χ2n) is 6.35. The number of hydrogen-bond acceptors (Lipinski definition) is 6. The van der Waals surface area contributed by atoms with Crippen molar-refractivity contribution >= 4 is 35.0 Å². The second kappa shape index (κ2) is 7.43. The van der Waals surface area contributed by atoms with Crippen molar-refractivity contribution in [3.8, 4) is 11.4 Å². The summed E-state index contributed by atoms with van der Waals surface area (Å²) in [6.07, 6.45) is 3.39. The molecule has 1 N–H and O–H groups in total. The van der Waals surface area contributed by atoms with Crippen molar-refractivity contribution in [1.82, 2.24) is 19.7 Å². The van der Waals surface area contributed by atoms with Crippen molar-refractivity contribution in [2.24, 2.45) is 7.05 Å². The molecule has 1 aliphatic heterocycles. The lowest BCUT2D eigenvalue weighted by Crippen LogP contribution is -2.45. The number of hydrogen-bond donors (Lipinski definition) is 1. The molecule has 3 heterocycles. The van der Waals surface area contributed by atoms with Gasteiger partial charge in [0, 0.05) is 25.0 Å². The highest BCUT2D eigenvalue weighted by Gasteiger charge is 2.30. The Labute approximate surface area is 166 Å². The molecular formula is C19H18N6O2S. The predicted octanol–water partition coefficient (Wildman–Crippen LogP) is 2.34. The van der Waals surface area contributed by atoms with E-state index in [1.165, 1.54) is 16.7 Å². The molecule has 3 aromatic rings. The molecular weight excluding hydrogens is 376 g/mol. The van der Waals surface area contributed by atoms with Gasteiger partial charge in [0.2, 0.25) is 11.8 Å². The van der Waals surface area contributed by atoms with Crippen LogP contribution in [0.3, 0.4) is 0 Å². The van der Waals surface area contributed by atoms with Gasteiger partial charge in [-0.2, -0.15) is 0 Å². The number of anilines is 2. The molecule has 28 heavy (non-hydrogen) atoms. The molecule has 0 bridgehead atoms. The van der Waals surface area contributed by atoms with Crippen molar-refractivity contribution in [2.75, 3.05) is 16.8 Å². The summed E-state index contributed by atoms with van der Waals surface area (Å²) in [4.78, 5) is 30.6. The molecule has 2 amide bonds. The first-order chi connectivity index (χ1) is 13.5. The van der Waals surface area contributed by atoms with Crippen LogP contribution < -0.4 is 10.2 Å². The summed E-state index contributed by atoms with van der Waals surface area (Å²) in [6, 6.07) is 11.0. The third-order valence-corrected chi connectivity index (χ3v) is 5.56. The minimum atomic E-state index is -0.438. The lowest BCUT2D eigenvalue weighted by Gasteiger charge is -2.30. The van der Waals surface area contributed by atoms with Crippen molar-refractivity contribution in [3.05, 3.63) is 48.8 Å². The average molecular weight is 394 g/mol. The standard InChI is InChI=1S/C19H18N6O2S/c1-12(18(27)25-11-16(26)21-14-5-3-4-6-15(14)25)28-19-23-22-17(24(19)2)13-7-9-20-10-8-13/h3-10,12H,11H2,1-2H3,(H,21,26)/t12-/m1/s1. The van der Waals surface area contributed by atoms with Crippen LogP contribution >= 0.6 is 11.8 Å². The van der Waals surface area contributed by atoms with E-state index < -0.39 is 5.25 Å². The van der Waals surface area contributed by atoms with E-state index in [0.29, 0.717) is 22.4 Å². The quantitative estimate of drug-likeness (QED) is 0.683. The number of carbonyl (C=O) groups is 2. The molecule has 0 fully saturated rings. The van der Waals surface area contributed by atoms with Crippen LogP contribution in [0.25, 0.3) is 11.4 Å². The Balaban J connectivity index is 1.55. The number of amides is 2. The fourth-order valence-corrected chi connectivity index (χ4v) is 3.90. The number of thioether (sulfide) groups is 1. The summed E-state index contributed by atoms with van der Waals surface area (Å²) >= 11 is 1.31. The van der Waals surface area contributed by atoms with Gasteiger partial charge >= 0.3 is 0 Å². The first kappa shape index (κ1) is 18.2. The molecule has 0 radical (unpaired) electrons. The molecule has 1 aliphatic rings. The number of para-hydroxylation sites is 2. The van der Waals surface area contributed by atoms with Crippen molar-refractivity contribution < 1.29 is 9.59 Å². The van der Waals surface area contributed by atoms with Crippen LogP contribution in [0.5, 0.6) is 0 Å². The first-order valence-electron chi connectivity index (χ1n) is 8.71. The van der Waals surface area contributed by atoms with Crippen molar-refractivity contribution in [3.63, 3.8) is 0 Å². The number of nitrogens with zero attached hydrogens (tertiary/aromatic N) is 5. The van der Waals surface area contributed by atoms with E-state index >= 15 is 0 Å². The molecule has 142 valence electrons. The fourth-order valence-electron chi connectivity index (χ4n) is 3.03. The maximum Gasteiger partial charge on any atom is 0.244 e. The number of carbonyl (C=O) groups excluding carboxylic acids is 2. The number of nitrogens with one attached hydrogen (secondary N) is 1. The first-order valence-corrected chi connectivity index (χ1v) is 9.59. The number of aromatic nitrogens is 4. The lowest BCUT2D eigenvalue weighted by atomic mass is 10.2. The third kappa shape index (κ3) is 3.36. The predicted molar refractivity (Wildman–Crippen MR) is 107 cm³/mol. The highest BCUT2D eigenvalue weighted by Crippen LogP contribution is 2.32. The minimum Gasteiger partial charge on any atom is -0.323 e. The second-order valence-corrected chi connectivity index (χ2v) is 7.66. The van der Waals surface area contributed by atoms with Crippen LogP contribution in [0.15, 0.2) is 53.9 Å². The Morgan fingerprint density at radius 2 is 1.93 bits per heavy atom. The van der Waals surface area contributed by atoms with E-state index in [1.54, 1.807) is 18.5 Å². The van der Waals surface area contributed by atoms with Crippen LogP contribution in [0, 0.1) is 0 Å². The summed E-state index contributed by atoms with van der Waals surface area (Å²) in [6.45, 7) is 1.81. The van der Waals surface area contributed by atoms with Gasteiger partial charge in [0.05, 0.1) is 16.6 Å². The van der Waals surface area contributed by atoms with E-state index in [0.717, 1.165) is 5.56 Å². The van der Waals surface area contributed by atoms with Crippen molar-refractivity contribution in [1.29, 1.82) is 0 Å². The molecule has 0 spiro atoms. The molecule has 0 aliphatic carbocycles. The van der Waals surface area contributed by atoms with Gasteiger partial charge in [0.25, 0.3) is 0 Å². The Morgan fingerprint density at radius 3 is 2.71 bits per heavy atom. The molecule has 0 saturated heterocycles. The number of pyridine rings is 1. The van der Waals surface area contributed by atoms with E-state index in [-0.39, 0.29) is 18.4 Å². The molecule has 0 saturated carbocycles. The summed E-state index contributed by atoms with van der Waals surface area (Å²) in [7, 11) is 1.86. The largest absolute Gasteiger partial charge is 0.323 e. The average Bonchev–Trinajstić information content (AvgIpc) is 3.07. The fraction of sp³-hybridized carbons (Fsp3) is 0.211. The van der Waals surface area contributed by atoms with Crippen LogP contribution in [0.4, 0.5) is 11.4 Å².